The summed E-state index contributed by atoms with van der Waals surface area (Å²) in [6, 6.07) is 0. The maximum absolute atomic E-state index is 5.58. The summed E-state index contributed by atoms with van der Waals surface area (Å²) in [5, 5.41) is 0. The van der Waals surface area contributed by atoms with Crippen LogP contribution in [-0.2, 0) is 29.6 Å². The van der Waals surface area contributed by atoms with Gasteiger partial charge in [-0.2, -0.15) is 0 Å². The fourth-order valence-electron chi connectivity index (χ4n) is 2.04. The maximum Gasteiger partial charge on any atom is 0.149 e. The molecular weight excluding hydrogens is 204 g/mol. The molecule has 0 aromatic heterocycles. The Kier molecular flexibility index (Phi) is 3.72. The molecule has 1 heterocycles. The second-order valence-electron chi connectivity index (χ2n) is 3.82. The van der Waals surface area contributed by atoms with E-state index in [1.54, 1.807) is 0 Å². The number of hydrogen-bond donors (Lipinski definition) is 0. The Morgan fingerprint density at radius 1 is 0.846 bits per heavy atom. The molecule has 0 bridgehead atoms. The van der Waals surface area contributed by atoms with Crippen LogP contribution in [0.2, 0.25) is 0 Å². The van der Waals surface area contributed by atoms with Crippen LogP contribution < -0.4 is 0 Å². The minimum atomic E-state index is -0.631. The summed E-state index contributed by atoms with van der Waals surface area (Å²) < 4.78 is 11.2. The predicted molar refractivity (Wildman–Crippen MR) is 56.8 cm³/mol. The van der Waals surface area contributed by atoms with E-state index < -0.39 is 10.0 Å². The molecule has 2 nitrogen and oxygen atoms in total. The van der Waals surface area contributed by atoms with Gasteiger partial charge in [0.1, 0.15) is 22.2 Å². The van der Waals surface area contributed by atoms with E-state index in [9.17, 15) is 0 Å². The minimum absolute atomic E-state index is 0.305. The lowest BCUT2D eigenvalue weighted by molar-refractivity contribution is 0.137. The first-order valence-electron chi connectivity index (χ1n) is 5.12. The first kappa shape index (κ1) is 10.0. The van der Waals surface area contributed by atoms with Crippen molar-refractivity contribution >= 4 is 21.2 Å². The van der Waals surface area contributed by atoms with E-state index in [4.69, 9.17) is 19.6 Å². The van der Waals surface area contributed by atoms with Crippen LogP contribution in [0.3, 0.4) is 0 Å². The average Bonchev–Trinajstić information content (AvgIpc) is 2.46. The monoisotopic (exact) mass is 220 g/mol. The quantitative estimate of drug-likeness (QED) is 0.624. The van der Waals surface area contributed by atoms with E-state index >= 15 is 0 Å². The van der Waals surface area contributed by atoms with Crippen LogP contribution in [0.4, 0.5) is 0 Å². The van der Waals surface area contributed by atoms with E-state index in [0.29, 0.717) is 12.2 Å². The smallest absolute Gasteiger partial charge is 0.149 e. The molecule has 2 atom stereocenters. The molecule has 2 unspecified atom stereocenters. The summed E-state index contributed by atoms with van der Waals surface area (Å²) in [6.45, 7) is 0. The molecule has 1 saturated carbocycles. The Balaban J connectivity index is 1.94. The summed E-state index contributed by atoms with van der Waals surface area (Å²) in [6.07, 6.45) is 9.51. The summed E-state index contributed by atoms with van der Waals surface area (Å²) in [4.78, 5) is 0. The zero-order chi connectivity index (χ0) is 9.10. The molecule has 2 rings (SSSR count). The van der Waals surface area contributed by atoms with Crippen molar-refractivity contribution in [1.29, 1.82) is 0 Å². The molecule has 0 radical (unpaired) electrons. The van der Waals surface area contributed by atoms with Crippen LogP contribution in [-0.4, -0.2) is 12.2 Å². The molecule has 2 fully saturated rings. The van der Waals surface area contributed by atoms with Gasteiger partial charge in [-0.15, -0.1) is 0 Å². The lowest BCUT2D eigenvalue weighted by Crippen LogP contribution is -2.21. The SMILES string of the molecule is S=S1OC2CCCCCCCC2O1. The highest BCUT2D eigenvalue weighted by atomic mass is 32.8. The van der Waals surface area contributed by atoms with Crippen molar-refractivity contribution in [2.45, 2.75) is 57.2 Å². The van der Waals surface area contributed by atoms with Gasteiger partial charge in [0, 0.05) is 11.2 Å². The third kappa shape index (κ3) is 2.72. The summed E-state index contributed by atoms with van der Waals surface area (Å²) in [7, 11) is -0.631. The van der Waals surface area contributed by atoms with Gasteiger partial charge in [0.05, 0.1) is 0 Å². The third-order valence-corrected chi connectivity index (χ3v) is 4.08. The highest BCUT2D eigenvalue weighted by Crippen LogP contribution is 2.28. The zero-order valence-electron chi connectivity index (χ0n) is 7.74. The molecule has 0 amide bonds. The van der Waals surface area contributed by atoms with Crippen molar-refractivity contribution < 1.29 is 8.37 Å². The fraction of sp³-hybridized carbons (Fsp3) is 1.00. The van der Waals surface area contributed by atoms with Crippen LogP contribution in [0, 0.1) is 0 Å². The molecule has 2 aliphatic rings. The predicted octanol–water partition coefficient (Wildman–Crippen LogP) is 2.42. The molecule has 1 aliphatic carbocycles. The molecular formula is C9H16O2S2. The Morgan fingerprint density at radius 3 is 1.85 bits per heavy atom. The Hall–Kier alpha value is 0.490. The molecule has 1 saturated heterocycles. The van der Waals surface area contributed by atoms with Gasteiger partial charge >= 0.3 is 0 Å². The number of fused-ring (bicyclic) bond motifs is 1. The van der Waals surface area contributed by atoms with Crippen LogP contribution in [0.5, 0.6) is 0 Å². The van der Waals surface area contributed by atoms with Gasteiger partial charge in [0.25, 0.3) is 0 Å². The number of rotatable bonds is 0. The fourth-order valence-corrected chi connectivity index (χ4v) is 3.53. The van der Waals surface area contributed by atoms with E-state index in [-0.39, 0.29) is 0 Å². The maximum atomic E-state index is 5.58. The third-order valence-electron chi connectivity index (χ3n) is 2.80. The largest absolute Gasteiger partial charge is 0.284 e. The molecule has 4 heteroatoms. The highest BCUT2D eigenvalue weighted by molar-refractivity contribution is 8.23. The van der Waals surface area contributed by atoms with Crippen molar-refractivity contribution in [1.82, 2.24) is 0 Å². The first-order valence-corrected chi connectivity index (χ1v) is 7.12. The van der Waals surface area contributed by atoms with Crippen molar-refractivity contribution in [3.63, 3.8) is 0 Å². The zero-order valence-corrected chi connectivity index (χ0v) is 9.37. The Morgan fingerprint density at radius 2 is 1.31 bits per heavy atom. The van der Waals surface area contributed by atoms with E-state index in [0.717, 1.165) is 12.8 Å². The van der Waals surface area contributed by atoms with Gasteiger partial charge in [0.15, 0.2) is 0 Å². The van der Waals surface area contributed by atoms with E-state index in [1.807, 2.05) is 0 Å². The van der Waals surface area contributed by atoms with Crippen molar-refractivity contribution in [3.8, 4) is 0 Å². The molecule has 0 spiro atoms. The second kappa shape index (κ2) is 4.82. The minimum Gasteiger partial charge on any atom is -0.284 e. The highest BCUT2D eigenvalue weighted by Gasteiger charge is 2.32. The van der Waals surface area contributed by atoms with Gasteiger partial charge in [-0.3, -0.25) is 8.37 Å². The van der Waals surface area contributed by atoms with Crippen molar-refractivity contribution in [3.05, 3.63) is 0 Å². The van der Waals surface area contributed by atoms with Crippen LogP contribution in [0.25, 0.3) is 0 Å². The van der Waals surface area contributed by atoms with E-state index in [2.05, 4.69) is 0 Å². The standard InChI is InChI=1S/C9H16O2S2/c12-13-10-8-6-4-2-1-3-5-7-9(8)11-13/h8-9H,1-7H2. The van der Waals surface area contributed by atoms with Crippen molar-refractivity contribution in [2.24, 2.45) is 0 Å². The molecule has 0 aromatic rings. The van der Waals surface area contributed by atoms with Gasteiger partial charge in [-0.25, -0.2) is 0 Å². The summed E-state index contributed by atoms with van der Waals surface area (Å²) in [5.74, 6) is 0. The van der Waals surface area contributed by atoms with Crippen molar-refractivity contribution in [2.75, 3.05) is 0 Å². The van der Waals surface area contributed by atoms with Gasteiger partial charge in [0.2, 0.25) is 0 Å². The lowest BCUT2D eigenvalue weighted by Gasteiger charge is -2.12. The lowest BCUT2D eigenvalue weighted by atomic mass is 10.1. The average molecular weight is 220 g/mol. The van der Waals surface area contributed by atoms with Gasteiger partial charge in [-0.1, -0.05) is 32.1 Å². The van der Waals surface area contributed by atoms with Crippen LogP contribution in [0.1, 0.15) is 44.9 Å². The first-order chi connectivity index (χ1) is 6.36. The topological polar surface area (TPSA) is 18.5 Å². The molecule has 76 valence electrons. The normalized spacial score (nSPS) is 41.7. The van der Waals surface area contributed by atoms with Crippen LogP contribution in [0.15, 0.2) is 0 Å². The molecule has 0 aromatic carbocycles. The van der Waals surface area contributed by atoms with Gasteiger partial charge < -0.3 is 0 Å². The van der Waals surface area contributed by atoms with E-state index in [1.165, 1.54) is 32.1 Å². The van der Waals surface area contributed by atoms with Crippen LogP contribution >= 0.6 is 0 Å². The molecule has 13 heavy (non-hydrogen) atoms. The van der Waals surface area contributed by atoms with Gasteiger partial charge in [-0.05, 0) is 12.8 Å². The summed E-state index contributed by atoms with van der Waals surface area (Å²) >= 11 is 5.02. The Labute approximate surface area is 87.0 Å². The number of hydrogen-bond acceptors (Lipinski definition) is 3. The molecule has 0 N–H and O–H groups in total. The Bertz CT molecular complexity index is 178. The summed E-state index contributed by atoms with van der Waals surface area (Å²) in [5.41, 5.74) is 0. The second-order valence-corrected chi connectivity index (χ2v) is 5.43. The molecule has 1 aliphatic heterocycles.